The van der Waals surface area contributed by atoms with Crippen molar-refractivity contribution in [1.82, 2.24) is 15.2 Å². The van der Waals surface area contributed by atoms with Crippen molar-refractivity contribution in [1.29, 1.82) is 0 Å². The summed E-state index contributed by atoms with van der Waals surface area (Å²) in [5.41, 5.74) is 2.45. The van der Waals surface area contributed by atoms with Crippen LogP contribution in [0.5, 0.6) is 5.75 Å². The summed E-state index contributed by atoms with van der Waals surface area (Å²) in [6, 6.07) is 14.4. The van der Waals surface area contributed by atoms with Crippen LogP contribution >= 0.6 is 11.6 Å². The fraction of sp³-hybridized carbons (Fsp3) is 0.348. The van der Waals surface area contributed by atoms with Crippen LogP contribution in [0.4, 0.5) is 4.79 Å². The van der Waals surface area contributed by atoms with Crippen LogP contribution in [0.1, 0.15) is 36.9 Å². The van der Waals surface area contributed by atoms with E-state index in [1.54, 1.807) is 20.2 Å². The van der Waals surface area contributed by atoms with Crippen molar-refractivity contribution < 1.29 is 14.3 Å². The minimum absolute atomic E-state index is 0.0919. The van der Waals surface area contributed by atoms with E-state index in [1.165, 1.54) is 9.91 Å². The first-order valence-electron chi connectivity index (χ1n) is 10.2. The molecule has 3 rings (SSSR count). The van der Waals surface area contributed by atoms with Crippen molar-refractivity contribution in [3.8, 4) is 5.75 Å². The van der Waals surface area contributed by atoms with Gasteiger partial charge in [0.15, 0.2) is 0 Å². The molecule has 31 heavy (non-hydrogen) atoms. The van der Waals surface area contributed by atoms with Crippen LogP contribution in [0, 0.1) is 0 Å². The minimum Gasteiger partial charge on any atom is -0.497 e. The van der Waals surface area contributed by atoms with Gasteiger partial charge in [0.05, 0.1) is 18.9 Å². The smallest absolute Gasteiger partial charge is 0.317 e. The number of halogens is 1. The molecule has 8 heteroatoms. The van der Waals surface area contributed by atoms with E-state index in [-0.39, 0.29) is 24.5 Å². The van der Waals surface area contributed by atoms with E-state index in [9.17, 15) is 9.59 Å². The monoisotopic (exact) mass is 442 g/mol. The van der Waals surface area contributed by atoms with Gasteiger partial charge in [0.1, 0.15) is 12.3 Å². The van der Waals surface area contributed by atoms with Gasteiger partial charge in [0, 0.05) is 30.6 Å². The van der Waals surface area contributed by atoms with Crippen molar-refractivity contribution >= 4 is 29.3 Å². The van der Waals surface area contributed by atoms with E-state index in [4.69, 9.17) is 16.3 Å². The number of hydrogen-bond donors (Lipinski definition) is 1. The normalized spacial score (nSPS) is 15.4. The molecule has 7 nitrogen and oxygen atoms in total. The molecule has 1 aliphatic heterocycles. The van der Waals surface area contributed by atoms with E-state index < -0.39 is 0 Å². The van der Waals surface area contributed by atoms with Gasteiger partial charge in [0.2, 0.25) is 0 Å². The average molecular weight is 443 g/mol. The molecular formula is C23H27ClN4O3. The Hall–Kier alpha value is -3.06. The molecule has 1 N–H and O–H groups in total. The van der Waals surface area contributed by atoms with Crippen molar-refractivity contribution in [3.63, 3.8) is 0 Å². The molecule has 0 spiro atoms. The molecule has 0 bridgehead atoms. The van der Waals surface area contributed by atoms with Crippen molar-refractivity contribution in [3.05, 3.63) is 64.7 Å². The molecule has 1 aliphatic rings. The lowest BCUT2D eigenvalue weighted by molar-refractivity contribution is -0.133. The maximum Gasteiger partial charge on any atom is 0.317 e. The lowest BCUT2D eigenvalue weighted by Gasteiger charge is -2.25. The maximum absolute atomic E-state index is 13.2. The molecule has 3 amide bonds. The Morgan fingerprint density at radius 1 is 1.26 bits per heavy atom. The van der Waals surface area contributed by atoms with Crippen LogP contribution in [-0.2, 0) is 4.79 Å². The number of nitrogens with zero attached hydrogens (tertiary/aromatic N) is 3. The lowest BCUT2D eigenvalue weighted by atomic mass is 9.98. The summed E-state index contributed by atoms with van der Waals surface area (Å²) in [5.74, 6) is 0.434. The summed E-state index contributed by atoms with van der Waals surface area (Å²) in [5, 5.41) is 9.42. The number of benzene rings is 2. The van der Waals surface area contributed by atoms with E-state index >= 15 is 0 Å². The molecule has 0 unspecified atom stereocenters. The molecule has 0 saturated heterocycles. The molecule has 0 aromatic heterocycles. The number of carbonyl (C=O) groups excluding carboxylic acids is 2. The van der Waals surface area contributed by atoms with Crippen LogP contribution in [0.25, 0.3) is 0 Å². The van der Waals surface area contributed by atoms with Crippen molar-refractivity contribution in [2.75, 3.05) is 27.2 Å². The average Bonchev–Trinajstić information content (AvgIpc) is 3.23. The third kappa shape index (κ3) is 5.35. The highest BCUT2D eigenvalue weighted by atomic mass is 35.5. The topological polar surface area (TPSA) is 74.2 Å². The number of carbonyl (C=O) groups is 2. The largest absolute Gasteiger partial charge is 0.497 e. The molecule has 0 radical (unpaired) electrons. The number of likely N-dealkylation sites (N-methyl/N-ethyl adjacent to an activating group) is 1. The fourth-order valence-corrected chi connectivity index (χ4v) is 3.68. The molecule has 1 heterocycles. The Labute approximate surface area is 187 Å². The molecule has 2 aromatic rings. The number of urea groups is 1. The number of hydrazone groups is 1. The van der Waals surface area contributed by atoms with Gasteiger partial charge in [-0.2, -0.15) is 5.10 Å². The Kier molecular flexibility index (Phi) is 7.52. The van der Waals surface area contributed by atoms with Crippen LogP contribution < -0.4 is 10.1 Å². The number of hydrogen-bond acceptors (Lipinski definition) is 4. The van der Waals surface area contributed by atoms with Gasteiger partial charge in [-0.1, -0.05) is 48.9 Å². The summed E-state index contributed by atoms with van der Waals surface area (Å²) in [7, 11) is 3.20. The highest BCUT2D eigenvalue weighted by molar-refractivity contribution is 6.31. The molecule has 0 fully saturated rings. The molecule has 1 atom stereocenters. The summed E-state index contributed by atoms with van der Waals surface area (Å²) >= 11 is 6.45. The number of amides is 3. The molecular weight excluding hydrogens is 416 g/mol. The fourth-order valence-electron chi connectivity index (χ4n) is 3.42. The summed E-state index contributed by atoms with van der Waals surface area (Å²) in [6.07, 6.45) is 1.33. The summed E-state index contributed by atoms with van der Waals surface area (Å²) in [4.78, 5) is 26.7. The third-order valence-electron chi connectivity index (χ3n) is 5.08. The second kappa shape index (κ2) is 10.3. The maximum atomic E-state index is 13.2. The number of methoxy groups -OCH3 is 1. The van der Waals surface area contributed by atoms with Crippen LogP contribution in [-0.4, -0.2) is 54.8 Å². The van der Waals surface area contributed by atoms with Gasteiger partial charge in [-0.05, 0) is 30.2 Å². The number of nitrogens with one attached hydrogen (secondary N) is 1. The molecule has 164 valence electrons. The van der Waals surface area contributed by atoms with E-state index in [0.717, 1.165) is 23.3 Å². The first kappa shape index (κ1) is 22.6. The Balaban J connectivity index is 1.88. The number of rotatable bonds is 7. The quantitative estimate of drug-likeness (QED) is 0.702. The molecule has 0 saturated carbocycles. The van der Waals surface area contributed by atoms with Crippen LogP contribution in [0.15, 0.2) is 53.6 Å². The Bertz CT molecular complexity index is 979. The lowest BCUT2D eigenvalue weighted by Crippen LogP contribution is -2.43. The first-order valence-corrected chi connectivity index (χ1v) is 10.6. The van der Waals surface area contributed by atoms with E-state index in [0.29, 0.717) is 23.7 Å². The van der Waals surface area contributed by atoms with E-state index in [1.807, 2.05) is 49.4 Å². The van der Waals surface area contributed by atoms with Gasteiger partial charge >= 0.3 is 6.03 Å². The van der Waals surface area contributed by atoms with Crippen LogP contribution in [0.2, 0.25) is 5.02 Å². The van der Waals surface area contributed by atoms with Crippen molar-refractivity contribution in [2.45, 2.75) is 25.8 Å². The second-order valence-electron chi connectivity index (χ2n) is 7.35. The zero-order chi connectivity index (χ0) is 22.4. The van der Waals surface area contributed by atoms with Crippen molar-refractivity contribution in [2.24, 2.45) is 5.10 Å². The van der Waals surface area contributed by atoms with Gasteiger partial charge in [-0.15, -0.1) is 0 Å². The minimum atomic E-state index is -0.352. The predicted octanol–water partition coefficient (Wildman–Crippen LogP) is 4.08. The zero-order valence-corrected chi connectivity index (χ0v) is 18.7. The van der Waals surface area contributed by atoms with Gasteiger partial charge in [-0.25, -0.2) is 9.80 Å². The summed E-state index contributed by atoms with van der Waals surface area (Å²) in [6.45, 7) is 2.44. The van der Waals surface area contributed by atoms with Crippen LogP contribution in [0.3, 0.4) is 0 Å². The zero-order valence-electron chi connectivity index (χ0n) is 18.0. The SMILES string of the molecule is CCCNC(=O)N(C)CC(=O)N1N=C(c2cccc(OC)c2)C[C@@H]1c1ccccc1Cl. The number of ether oxygens (including phenoxy) is 1. The first-order chi connectivity index (χ1) is 14.9. The highest BCUT2D eigenvalue weighted by Gasteiger charge is 2.35. The third-order valence-corrected chi connectivity index (χ3v) is 5.42. The molecule has 2 aromatic carbocycles. The molecule has 0 aliphatic carbocycles. The standard InChI is InChI=1S/C23H27ClN4O3/c1-4-12-25-23(30)27(2)15-22(29)28-21(18-10-5-6-11-19(18)24)14-20(26-28)16-8-7-9-17(13-16)31-3/h5-11,13,21H,4,12,14-15H2,1-3H3,(H,25,30)/t21-/m1/s1. The van der Waals surface area contributed by atoms with Gasteiger partial charge in [-0.3, -0.25) is 4.79 Å². The van der Waals surface area contributed by atoms with Gasteiger partial charge < -0.3 is 15.0 Å². The second-order valence-corrected chi connectivity index (χ2v) is 7.75. The van der Waals surface area contributed by atoms with Gasteiger partial charge in [0.25, 0.3) is 5.91 Å². The highest BCUT2D eigenvalue weighted by Crippen LogP contribution is 2.36. The summed E-state index contributed by atoms with van der Waals surface area (Å²) < 4.78 is 5.32. The van der Waals surface area contributed by atoms with E-state index in [2.05, 4.69) is 10.4 Å². The predicted molar refractivity (Wildman–Crippen MR) is 122 cm³/mol. The Morgan fingerprint density at radius 3 is 2.74 bits per heavy atom. The Morgan fingerprint density at radius 2 is 2.03 bits per heavy atom.